The van der Waals surface area contributed by atoms with Crippen molar-refractivity contribution in [2.45, 2.75) is 84.3 Å². The molecule has 2 N–H and O–H groups in total. The molecule has 0 saturated heterocycles. The van der Waals surface area contributed by atoms with Crippen molar-refractivity contribution in [3.63, 3.8) is 0 Å². The van der Waals surface area contributed by atoms with Crippen molar-refractivity contribution in [1.29, 1.82) is 0 Å². The summed E-state index contributed by atoms with van der Waals surface area (Å²) in [6, 6.07) is 0. The first kappa shape index (κ1) is 17.0. The molecule has 0 bridgehead atoms. The van der Waals surface area contributed by atoms with E-state index in [1.54, 1.807) is 0 Å². The summed E-state index contributed by atoms with van der Waals surface area (Å²) in [6.45, 7) is 6.94. The fourth-order valence-electron chi connectivity index (χ4n) is 7.90. The molecule has 136 valence electrons. The van der Waals surface area contributed by atoms with Crippen molar-refractivity contribution in [3.8, 4) is 0 Å². The first-order valence-electron chi connectivity index (χ1n) is 10.2. The van der Waals surface area contributed by atoms with Gasteiger partial charge in [0.2, 0.25) is 0 Å². The molecule has 4 rings (SSSR count). The molecule has 0 unspecified atom stereocenters. The van der Waals surface area contributed by atoms with Crippen LogP contribution in [0.4, 0.5) is 0 Å². The average molecular weight is 335 g/mol. The molecule has 0 heterocycles. The molecule has 0 aromatic heterocycles. The molecule has 0 aliphatic heterocycles. The van der Waals surface area contributed by atoms with Gasteiger partial charge in [0.15, 0.2) is 0 Å². The fourth-order valence-corrected chi connectivity index (χ4v) is 7.90. The molecule has 24 heavy (non-hydrogen) atoms. The van der Waals surface area contributed by atoms with Crippen molar-refractivity contribution in [1.82, 2.24) is 0 Å². The van der Waals surface area contributed by atoms with Crippen LogP contribution in [0.2, 0.25) is 0 Å². The van der Waals surface area contributed by atoms with E-state index in [1.165, 1.54) is 12.8 Å². The minimum absolute atomic E-state index is 0.149. The number of rotatable bonds is 1. The second kappa shape index (κ2) is 5.54. The van der Waals surface area contributed by atoms with E-state index in [-0.39, 0.29) is 22.7 Å². The van der Waals surface area contributed by atoms with E-state index in [0.29, 0.717) is 23.5 Å². The van der Waals surface area contributed by atoms with Crippen molar-refractivity contribution in [2.24, 2.45) is 40.4 Å². The summed E-state index contributed by atoms with van der Waals surface area (Å²) in [4.78, 5) is 12.6. The van der Waals surface area contributed by atoms with E-state index >= 15 is 0 Å². The van der Waals surface area contributed by atoms with Crippen LogP contribution in [-0.2, 0) is 4.79 Å². The summed E-state index contributed by atoms with van der Waals surface area (Å²) >= 11 is 0. The molecule has 4 fully saturated rings. The maximum atomic E-state index is 12.6. The zero-order chi connectivity index (χ0) is 17.3. The summed E-state index contributed by atoms with van der Waals surface area (Å²) < 4.78 is 0. The number of aliphatic hydroxyl groups excluding tert-OH is 2. The lowest BCUT2D eigenvalue weighted by molar-refractivity contribution is -0.173. The maximum absolute atomic E-state index is 12.6. The lowest BCUT2D eigenvalue weighted by atomic mass is 9.44. The molecule has 3 heteroatoms. The summed E-state index contributed by atoms with van der Waals surface area (Å²) in [5.74, 6) is 2.85. The summed E-state index contributed by atoms with van der Waals surface area (Å²) in [5.41, 5.74) is 0.360. The number of hydrogen-bond acceptors (Lipinski definition) is 3. The van der Waals surface area contributed by atoms with Gasteiger partial charge in [0.05, 0.1) is 12.2 Å². The Morgan fingerprint density at radius 2 is 1.67 bits per heavy atom. The first-order chi connectivity index (χ1) is 11.3. The van der Waals surface area contributed by atoms with E-state index in [4.69, 9.17) is 0 Å². The Hall–Kier alpha value is -0.410. The van der Waals surface area contributed by atoms with Crippen molar-refractivity contribution >= 4 is 5.78 Å². The highest BCUT2D eigenvalue weighted by Gasteiger charge is 2.62. The Kier molecular flexibility index (Phi) is 3.93. The van der Waals surface area contributed by atoms with Gasteiger partial charge in [-0.15, -0.1) is 0 Å². The van der Waals surface area contributed by atoms with Gasteiger partial charge < -0.3 is 10.2 Å². The number of fused-ring (bicyclic) bond motifs is 5. The zero-order valence-corrected chi connectivity index (χ0v) is 15.5. The quantitative estimate of drug-likeness (QED) is 0.771. The van der Waals surface area contributed by atoms with Crippen LogP contribution in [0.3, 0.4) is 0 Å². The lowest BCUT2D eigenvalue weighted by Crippen LogP contribution is -2.58. The number of ketones is 1. The smallest absolute Gasteiger partial charge is 0.136 e. The maximum Gasteiger partial charge on any atom is 0.136 e. The van der Waals surface area contributed by atoms with E-state index in [9.17, 15) is 15.0 Å². The third-order valence-electron chi connectivity index (χ3n) is 9.18. The third kappa shape index (κ3) is 2.06. The predicted molar refractivity (Wildman–Crippen MR) is 93.3 cm³/mol. The SMILES string of the molecule is CC[C@H]1C(=O)C[C@H]2[C@@H]3CC[C@@H]4[C@H](O)[C@@H](O)CC[C@]4(C)[C@H]3CC[C@]12C. The largest absolute Gasteiger partial charge is 0.390 e. The summed E-state index contributed by atoms with van der Waals surface area (Å²) in [5, 5.41) is 20.7. The average Bonchev–Trinajstić information content (AvgIpc) is 2.81. The predicted octanol–water partition coefficient (Wildman–Crippen LogP) is 3.57. The minimum atomic E-state index is -0.549. The second-order valence-corrected chi connectivity index (χ2v) is 9.84. The Labute approximate surface area is 146 Å². The normalized spacial score (nSPS) is 57.2. The number of aliphatic hydroxyl groups is 2. The number of Topliss-reactive ketones (excluding diaryl/α,β-unsaturated/α-hetero) is 1. The van der Waals surface area contributed by atoms with Crippen molar-refractivity contribution in [2.75, 3.05) is 0 Å². The minimum Gasteiger partial charge on any atom is -0.390 e. The molecule has 0 spiro atoms. The number of carbonyl (C=O) groups is 1. The van der Waals surface area contributed by atoms with Gasteiger partial charge in [0.1, 0.15) is 5.78 Å². The van der Waals surface area contributed by atoms with Crippen LogP contribution < -0.4 is 0 Å². The molecule has 9 atom stereocenters. The first-order valence-corrected chi connectivity index (χ1v) is 10.2. The highest BCUT2D eigenvalue weighted by molar-refractivity contribution is 5.84. The molecule has 3 nitrogen and oxygen atoms in total. The van der Waals surface area contributed by atoms with Gasteiger partial charge in [-0.1, -0.05) is 20.8 Å². The Morgan fingerprint density at radius 1 is 0.958 bits per heavy atom. The molecular weight excluding hydrogens is 300 g/mol. The fraction of sp³-hybridized carbons (Fsp3) is 0.952. The summed E-state index contributed by atoms with van der Waals surface area (Å²) in [6.07, 6.45) is 7.00. The van der Waals surface area contributed by atoms with Gasteiger partial charge in [0, 0.05) is 12.3 Å². The van der Waals surface area contributed by atoms with Crippen LogP contribution >= 0.6 is 0 Å². The van der Waals surface area contributed by atoms with Crippen LogP contribution in [0.25, 0.3) is 0 Å². The molecule has 0 aromatic carbocycles. The number of carbonyl (C=O) groups excluding carboxylic acids is 1. The standard InChI is InChI=1S/C21H34O3/c1-4-13-18(23)11-16-12-5-6-15-19(24)17(22)8-10-21(15,3)14(12)7-9-20(13,16)2/h12-17,19,22,24H,4-11H2,1-3H3/t12-,13+,14+,15-,16+,17+,19+,20-,21-/m1/s1. The zero-order valence-electron chi connectivity index (χ0n) is 15.5. The monoisotopic (exact) mass is 334 g/mol. The van der Waals surface area contributed by atoms with Crippen LogP contribution in [0, 0.1) is 40.4 Å². The van der Waals surface area contributed by atoms with Gasteiger partial charge in [-0.25, -0.2) is 0 Å². The third-order valence-corrected chi connectivity index (χ3v) is 9.18. The van der Waals surface area contributed by atoms with E-state index in [1.807, 2.05) is 0 Å². The topological polar surface area (TPSA) is 57.5 Å². The van der Waals surface area contributed by atoms with Crippen LogP contribution in [0.1, 0.15) is 72.1 Å². The molecule has 4 aliphatic rings. The van der Waals surface area contributed by atoms with E-state index < -0.39 is 12.2 Å². The second-order valence-electron chi connectivity index (χ2n) is 9.84. The molecule has 0 amide bonds. The highest BCUT2D eigenvalue weighted by Crippen LogP contribution is 2.67. The van der Waals surface area contributed by atoms with E-state index in [2.05, 4.69) is 20.8 Å². The van der Waals surface area contributed by atoms with Gasteiger partial charge in [-0.05, 0) is 79.4 Å². The van der Waals surface area contributed by atoms with Crippen LogP contribution in [0.15, 0.2) is 0 Å². The number of hydrogen-bond donors (Lipinski definition) is 2. The van der Waals surface area contributed by atoms with E-state index in [0.717, 1.165) is 38.5 Å². The van der Waals surface area contributed by atoms with Crippen LogP contribution in [0.5, 0.6) is 0 Å². The van der Waals surface area contributed by atoms with Gasteiger partial charge in [-0.3, -0.25) is 4.79 Å². The Balaban J connectivity index is 1.65. The van der Waals surface area contributed by atoms with Crippen LogP contribution in [-0.4, -0.2) is 28.2 Å². The Bertz CT molecular complexity index is 531. The van der Waals surface area contributed by atoms with Gasteiger partial charge in [-0.2, -0.15) is 0 Å². The molecule has 0 radical (unpaired) electrons. The molecule has 4 aliphatic carbocycles. The Morgan fingerprint density at radius 3 is 2.38 bits per heavy atom. The molecule has 4 saturated carbocycles. The highest BCUT2D eigenvalue weighted by atomic mass is 16.3. The van der Waals surface area contributed by atoms with Crippen molar-refractivity contribution in [3.05, 3.63) is 0 Å². The van der Waals surface area contributed by atoms with Gasteiger partial charge in [0.25, 0.3) is 0 Å². The summed E-state index contributed by atoms with van der Waals surface area (Å²) in [7, 11) is 0. The molecular formula is C21H34O3. The lowest BCUT2D eigenvalue weighted by Gasteiger charge is -2.61. The van der Waals surface area contributed by atoms with Crippen molar-refractivity contribution < 1.29 is 15.0 Å². The molecule has 0 aromatic rings. The van der Waals surface area contributed by atoms with Gasteiger partial charge >= 0.3 is 0 Å².